The predicted molar refractivity (Wildman–Crippen MR) is 126 cm³/mol. The largest absolute Gasteiger partial charge is 0.416 e. The van der Waals surface area contributed by atoms with Gasteiger partial charge >= 0.3 is 6.18 Å². The number of halogens is 4. The molecule has 0 radical (unpaired) electrons. The van der Waals surface area contributed by atoms with Crippen molar-refractivity contribution in [1.82, 2.24) is 15.0 Å². The van der Waals surface area contributed by atoms with E-state index in [0.29, 0.717) is 36.1 Å². The second-order valence-electron chi connectivity index (χ2n) is 8.00. The predicted octanol–water partition coefficient (Wildman–Crippen LogP) is 4.80. The molecule has 1 unspecified atom stereocenters. The monoisotopic (exact) mass is 508 g/mol. The van der Waals surface area contributed by atoms with Crippen molar-refractivity contribution in [2.24, 2.45) is 10.9 Å². The van der Waals surface area contributed by atoms with E-state index < -0.39 is 11.7 Å². The number of nitrogens with two attached hydrogens (primary N) is 1. The van der Waals surface area contributed by atoms with Crippen LogP contribution in [0.25, 0.3) is 11.4 Å². The molecule has 12 heteroatoms. The molecule has 2 heterocycles. The second kappa shape index (κ2) is 10.8. The van der Waals surface area contributed by atoms with Gasteiger partial charge in [-0.3, -0.25) is 5.41 Å². The maximum Gasteiger partial charge on any atom is 0.416 e. The lowest BCUT2D eigenvalue weighted by Crippen LogP contribution is -2.34. The summed E-state index contributed by atoms with van der Waals surface area (Å²) in [5.41, 5.74) is 7.62. The highest BCUT2D eigenvalue weighted by Gasteiger charge is 2.30. The van der Waals surface area contributed by atoms with Crippen molar-refractivity contribution in [3.05, 3.63) is 71.1 Å². The molecule has 0 bridgehead atoms. The number of guanidine groups is 1. The highest BCUT2D eigenvalue weighted by Crippen LogP contribution is 2.29. The third kappa shape index (κ3) is 6.30. The van der Waals surface area contributed by atoms with Crippen molar-refractivity contribution in [2.45, 2.75) is 32.0 Å². The fourth-order valence-electron chi connectivity index (χ4n) is 3.61. The van der Waals surface area contributed by atoms with Gasteiger partial charge in [-0.2, -0.15) is 18.2 Å². The zero-order valence-corrected chi connectivity index (χ0v) is 19.6. The van der Waals surface area contributed by atoms with E-state index in [9.17, 15) is 13.2 Å². The van der Waals surface area contributed by atoms with Gasteiger partial charge in [0.15, 0.2) is 5.96 Å². The number of rotatable bonds is 6. The van der Waals surface area contributed by atoms with Gasteiger partial charge in [0.2, 0.25) is 11.7 Å². The minimum Gasteiger partial charge on any atom is -0.391 e. The molecule has 3 N–H and O–H groups in total. The van der Waals surface area contributed by atoms with Crippen LogP contribution in [0.3, 0.4) is 0 Å². The first-order valence-corrected chi connectivity index (χ1v) is 10.6. The molecule has 1 aliphatic heterocycles. The normalized spacial score (nSPS) is 16.2. The van der Waals surface area contributed by atoms with E-state index in [4.69, 9.17) is 20.5 Å². The molecule has 1 aliphatic rings. The summed E-state index contributed by atoms with van der Waals surface area (Å²) in [4.78, 5) is 11.6. The number of nitrogens with zero attached hydrogens (tertiary/aromatic N) is 4. The summed E-state index contributed by atoms with van der Waals surface area (Å²) >= 11 is 0. The zero-order valence-electron chi connectivity index (χ0n) is 18.7. The molecule has 8 nitrogen and oxygen atoms in total. The van der Waals surface area contributed by atoms with E-state index in [2.05, 4.69) is 15.3 Å². The van der Waals surface area contributed by atoms with Crippen LogP contribution < -0.4 is 5.73 Å². The van der Waals surface area contributed by atoms with Crippen molar-refractivity contribution in [3.8, 4) is 11.4 Å². The SMILES string of the molecule is CC(=NOCc1ccc(C(F)(F)F)cc1)c1ccc(-c2noc(C3CCN(C(=N)N)C3)n2)cc1.Cl. The summed E-state index contributed by atoms with van der Waals surface area (Å²) in [7, 11) is 0. The van der Waals surface area contributed by atoms with Gasteiger partial charge in [-0.05, 0) is 36.6 Å². The average molecular weight is 509 g/mol. The van der Waals surface area contributed by atoms with E-state index >= 15 is 0 Å². The number of hydrogen-bond acceptors (Lipinski definition) is 6. The lowest BCUT2D eigenvalue weighted by molar-refractivity contribution is -0.137. The van der Waals surface area contributed by atoms with Crippen LogP contribution in [-0.4, -0.2) is 39.8 Å². The second-order valence-corrected chi connectivity index (χ2v) is 8.00. The lowest BCUT2D eigenvalue weighted by atomic mass is 10.1. The Morgan fingerprint density at radius 3 is 2.49 bits per heavy atom. The molecule has 0 amide bonds. The number of likely N-dealkylation sites (tertiary alicyclic amines) is 1. The maximum atomic E-state index is 12.6. The zero-order chi connectivity index (χ0) is 24.3. The molecule has 186 valence electrons. The van der Waals surface area contributed by atoms with Crippen LogP contribution in [-0.2, 0) is 17.6 Å². The summed E-state index contributed by atoms with van der Waals surface area (Å²) < 4.78 is 43.3. The Hall–Kier alpha value is -3.60. The number of hydrogen-bond donors (Lipinski definition) is 2. The van der Waals surface area contributed by atoms with Crippen LogP contribution >= 0.6 is 12.4 Å². The van der Waals surface area contributed by atoms with Gasteiger partial charge in [0, 0.05) is 18.7 Å². The first kappa shape index (κ1) is 26.0. The van der Waals surface area contributed by atoms with Crippen molar-refractivity contribution in [1.29, 1.82) is 5.41 Å². The van der Waals surface area contributed by atoms with Gasteiger partial charge in [-0.1, -0.05) is 46.7 Å². The van der Waals surface area contributed by atoms with E-state index in [1.807, 2.05) is 24.3 Å². The molecule has 4 rings (SSSR count). The number of aromatic nitrogens is 2. The summed E-state index contributed by atoms with van der Waals surface area (Å²) in [6, 6.07) is 12.1. The molecule has 1 saturated heterocycles. The van der Waals surface area contributed by atoms with Crippen LogP contribution in [0.15, 0.2) is 58.2 Å². The molecular formula is C23H24ClF3N6O2. The fourth-order valence-corrected chi connectivity index (χ4v) is 3.61. The summed E-state index contributed by atoms with van der Waals surface area (Å²) in [5.74, 6) is 1.08. The molecular weight excluding hydrogens is 485 g/mol. The Balaban J connectivity index is 0.00000342. The van der Waals surface area contributed by atoms with Crippen molar-refractivity contribution in [2.75, 3.05) is 13.1 Å². The molecule has 1 aromatic heterocycles. The van der Waals surface area contributed by atoms with Crippen molar-refractivity contribution < 1.29 is 22.5 Å². The van der Waals surface area contributed by atoms with E-state index in [1.165, 1.54) is 12.1 Å². The third-order valence-electron chi connectivity index (χ3n) is 5.59. The van der Waals surface area contributed by atoms with Gasteiger partial charge in [-0.25, -0.2) is 0 Å². The Bertz CT molecular complexity index is 1180. The quantitative estimate of drug-likeness (QED) is 0.281. The highest BCUT2D eigenvalue weighted by molar-refractivity contribution is 5.98. The van der Waals surface area contributed by atoms with E-state index in [-0.39, 0.29) is 30.9 Å². The van der Waals surface area contributed by atoms with Gasteiger partial charge in [0.25, 0.3) is 0 Å². The highest BCUT2D eigenvalue weighted by atomic mass is 35.5. The Labute approximate surface area is 205 Å². The maximum absolute atomic E-state index is 12.6. The molecule has 0 saturated carbocycles. The smallest absolute Gasteiger partial charge is 0.391 e. The number of alkyl halides is 3. The van der Waals surface area contributed by atoms with Gasteiger partial charge in [0.1, 0.15) is 6.61 Å². The van der Waals surface area contributed by atoms with Crippen LogP contribution in [0, 0.1) is 5.41 Å². The third-order valence-corrected chi connectivity index (χ3v) is 5.59. The van der Waals surface area contributed by atoms with E-state index in [0.717, 1.165) is 29.7 Å². The van der Waals surface area contributed by atoms with Crippen LogP contribution in [0.1, 0.15) is 41.8 Å². The Morgan fingerprint density at radius 2 is 1.89 bits per heavy atom. The average Bonchev–Trinajstić information content (AvgIpc) is 3.49. The molecule has 3 aromatic rings. The van der Waals surface area contributed by atoms with Crippen LogP contribution in [0.5, 0.6) is 0 Å². The number of benzene rings is 2. The molecule has 1 atom stereocenters. The van der Waals surface area contributed by atoms with Crippen molar-refractivity contribution >= 4 is 24.1 Å². The van der Waals surface area contributed by atoms with E-state index in [1.54, 1.807) is 11.8 Å². The van der Waals surface area contributed by atoms with Crippen LogP contribution in [0.2, 0.25) is 0 Å². The van der Waals surface area contributed by atoms with Crippen molar-refractivity contribution in [3.63, 3.8) is 0 Å². The van der Waals surface area contributed by atoms with Crippen LogP contribution in [0.4, 0.5) is 13.2 Å². The standard InChI is InChI=1S/C23H23F3N6O2.ClH/c1-14(30-33-13-15-2-8-19(9-3-15)23(24,25)26)16-4-6-17(7-5-16)20-29-21(34-31-20)18-10-11-32(12-18)22(27)28;/h2-9,18H,10-13H2,1H3,(H3,27,28);1H. The fraction of sp³-hybridized carbons (Fsp3) is 0.304. The molecule has 35 heavy (non-hydrogen) atoms. The first-order chi connectivity index (χ1) is 16.2. The number of oxime groups is 1. The topological polar surface area (TPSA) is 114 Å². The molecule has 0 aliphatic carbocycles. The summed E-state index contributed by atoms with van der Waals surface area (Å²) in [6.45, 7) is 3.10. The minimum atomic E-state index is -4.36. The van der Waals surface area contributed by atoms with Gasteiger partial charge in [-0.15, -0.1) is 12.4 Å². The minimum absolute atomic E-state index is 0. The first-order valence-electron chi connectivity index (χ1n) is 10.6. The summed E-state index contributed by atoms with van der Waals surface area (Å²) in [6.07, 6.45) is -3.57. The Morgan fingerprint density at radius 1 is 1.20 bits per heavy atom. The number of nitrogens with one attached hydrogen (secondary N) is 1. The summed E-state index contributed by atoms with van der Waals surface area (Å²) in [5, 5.41) is 15.7. The molecule has 2 aromatic carbocycles. The lowest BCUT2D eigenvalue weighted by Gasteiger charge is -2.14. The Kier molecular flexibility index (Phi) is 8.00. The molecule has 0 spiro atoms. The molecule has 1 fully saturated rings. The van der Waals surface area contributed by atoms with Gasteiger partial charge in [0.05, 0.1) is 17.2 Å². The van der Waals surface area contributed by atoms with Gasteiger partial charge < -0.3 is 20.0 Å².